The number of halogens is 3. The summed E-state index contributed by atoms with van der Waals surface area (Å²) in [5.41, 5.74) is -0.476. The van der Waals surface area contributed by atoms with Crippen molar-refractivity contribution in [3.63, 3.8) is 0 Å². The summed E-state index contributed by atoms with van der Waals surface area (Å²) in [7, 11) is 0. The molecule has 0 radical (unpaired) electrons. The molecular weight excluding hydrogens is 297 g/mol. The summed E-state index contributed by atoms with van der Waals surface area (Å²) < 4.78 is 39.5. The van der Waals surface area contributed by atoms with Gasteiger partial charge < -0.3 is 0 Å². The molecule has 112 valence electrons. The number of carbonyl (C=O) groups excluding carboxylic acids is 1. The molecule has 0 aliphatic rings. The number of benzene rings is 1. The Morgan fingerprint density at radius 1 is 1.09 bits per heavy atom. The number of pyridine rings is 1. The number of carbonyl (C=O) groups is 1. The van der Waals surface area contributed by atoms with Crippen LogP contribution in [0, 0.1) is 0 Å². The van der Waals surface area contributed by atoms with Crippen molar-refractivity contribution in [1.29, 1.82) is 0 Å². The number of nitrogens with zero attached hydrogens (tertiary/aromatic N) is 3. The lowest BCUT2D eigenvalue weighted by Crippen LogP contribution is -2.15. The Balaban J connectivity index is 1.89. The molecular formula is C14H9F3N4O. The van der Waals surface area contributed by atoms with Crippen LogP contribution in [-0.4, -0.2) is 20.5 Å². The van der Waals surface area contributed by atoms with Gasteiger partial charge in [0.15, 0.2) is 5.65 Å². The van der Waals surface area contributed by atoms with Gasteiger partial charge in [-0.15, -0.1) is 10.2 Å². The maximum Gasteiger partial charge on any atom is 0.416 e. The molecule has 0 fully saturated rings. The van der Waals surface area contributed by atoms with Crippen LogP contribution in [0.5, 0.6) is 0 Å². The van der Waals surface area contributed by atoms with Gasteiger partial charge in [-0.2, -0.15) is 13.2 Å². The van der Waals surface area contributed by atoms with Crippen LogP contribution in [-0.2, 0) is 6.18 Å². The zero-order valence-electron chi connectivity index (χ0n) is 11.0. The average Bonchev–Trinajstić information content (AvgIpc) is 2.90. The van der Waals surface area contributed by atoms with Gasteiger partial charge in [-0.05, 0) is 30.3 Å². The second-order valence-corrected chi connectivity index (χ2v) is 4.49. The molecule has 22 heavy (non-hydrogen) atoms. The number of nitrogens with one attached hydrogen (secondary N) is 1. The molecule has 5 nitrogen and oxygen atoms in total. The third kappa shape index (κ3) is 2.62. The number of amides is 1. The number of fused-ring (bicyclic) bond motifs is 1. The van der Waals surface area contributed by atoms with E-state index in [1.54, 1.807) is 24.4 Å². The Kier molecular flexibility index (Phi) is 3.28. The predicted octanol–water partition coefficient (Wildman–Crippen LogP) is 3.00. The normalized spacial score (nSPS) is 11.6. The Morgan fingerprint density at radius 3 is 2.68 bits per heavy atom. The van der Waals surface area contributed by atoms with E-state index in [0.717, 1.165) is 12.1 Å². The standard InChI is InChI=1S/C14H9F3N4O/c15-14(16,17)10-5-3-4-9(8-10)12(22)18-13-20-19-11-6-1-2-7-21(11)13/h1-8H,(H,18,20,22). The topological polar surface area (TPSA) is 59.3 Å². The number of hydrogen-bond donors (Lipinski definition) is 1. The summed E-state index contributed by atoms with van der Waals surface area (Å²) >= 11 is 0. The van der Waals surface area contributed by atoms with Crippen molar-refractivity contribution in [3.05, 3.63) is 59.8 Å². The van der Waals surface area contributed by atoms with Crippen LogP contribution >= 0.6 is 0 Å². The highest BCUT2D eigenvalue weighted by atomic mass is 19.4. The fourth-order valence-electron chi connectivity index (χ4n) is 1.94. The SMILES string of the molecule is O=C(Nc1nnc2ccccn12)c1cccc(C(F)(F)F)c1. The lowest BCUT2D eigenvalue weighted by molar-refractivity contribution is -0.137. The Hall–Kier alpha value is -2.90. The van der Waals surface area contributed by atoms with E-state index in [1.807, 2.05) is 0 Å². The van der Waals surface area contributed by atoms with Crippen LogP contribution in [0.1, 0.15) is 15.9 Å². The smallest absolute Gasteiger partial charge is 0.290 e. The number of alkyl halides is 3. The third-order valence-electron chi connectivity index (χ3n) is 2.99. The van der Waals surface area contributed by atoms with Gasteiger partial charge >= 0.3 is 6.18 Å². The van der Waals surface area contributed by atoms with Crippen LogP contribution in [0.2, 0.25) is 0 Å². The number of hydrogen-bond acceptors (Lipinski definition) is 3. The van der Waals surface area contributed by atoms with Crippen LogP contribution in [0.3, 0.4) is 0 Å². The van der Waals surface area contributed by atoms with Crippen molar-refractivity contribution in [2.24, 2.45) is 0 Å². The van der Waals surface area contributed by atoms with Crippen molar-refractivity contribution >= 4 is 17.5 Å². The maximum atomic E-state index is 12.7. The fourth-order valence-corrected chi connectivity index (χ4v) is 1.94. The van der Waals surface area contributed by atoms with Gasteiger partial charge in [0.2, 0.25) is 5.95 Å². The van der Waals surface area contributed by atoms with E-state index >= 15 is 0 Å². The van der Waals surface area contributed by atoms with E-state index < -0.39 is 17.6 Å². The molecule has 0 bridgehead atoms. The van der Waals surface area contributed by atoms with Gasteiger partial charge in [0.25, 0.3) is 5.91 Å². The number of aromatic nitrogens is 3. The first kappa shape index (κ1) is 14.1. The minimum atomic E-state index is -4.50. The van der Waals surface area contributed by atoms with Crippen molar-refractivity contribution < 1.29 is 18.0 Å². The highest BCUT2D eigenvalue weighted by molar-refractivity contribution is 6.03. The second-order valence-electron chi connectivity index (χ2n) is 4.49. The molecule has 3 rings (SSSR count). The van der Waals surface area contributed by atoms with Gasteiger partial charge in [0.05, 0.1) is 5.56 Å². The van der Waals surface area contributed by atoms with Crippen LogP contribution < -0.4 is 5.32 Å². The van der Waals surface area contributed by atoms with Gasteiger partial charge in [-0.3, -0.25) is 14.5 Å². The van der Waals surface area contributed by atoms with Crippen molar-refractivity contribution in [2.75, 3.05) is 5.32 Å². The predicted molar refractivity (Wildman–Crippen MR) is 72.4 cm³/mol. The second kappa shape index (κ2) is 5.14. The minimum Gasteiger partial charge on any atom is -0.290 e. The Morgan fingerprint density at radius 2 is 1.91 bits per heavy atom. The highest BCUT2D eigenvalue weighted by Crippen LogP contribution is 2.29. The molecule has 8 heteroatoms. The van der Waals surface area contributed by atoms with Gasteiger partial charge in [-0.25, -0.2) is 0 Å². The van der Waals surface area contributed by atoms with Crippen LogP contribution in [0.15, 0.2) is 48.7 Å². The van der Waals surface area contributed by atoms with Crippen molar-refractivity contribution in [1.82, 2.24) is 14.6 Å². The molecule has 0 saturated heterocycles. The largest absolute Gasteiger partial charge is 0.416 e. The monoisotopic (exact) mass is 306 g/mol. The van der Waals surface area contributed by atoms with E-state index in [-0.39, 0.29) is 11.5 Å². The molecule has 0 unspecified atom stereocenters. The first-order chi connectivity index (χ1) is 10.4. The fraction of sp³-hybridized carbons (Fsp3) is 0.0714. The summed E-state index contributed by atoms with van der Waals surface area (Å²) in [6.45, 7) is 0. The molecule has 0 spiro atoms. The van der Waals surface area contributed by atoms with E-state index in [0.29, 0.717) is 5.65 Å². The summed E-state index contributed by atoms with van der Waals surface area (Å²) in [4.78, 5) is 12.1. The lowest BCUT2D eigenvalue weighted by Gasteiger charge is -2.08. The van der Waals surface area contributed by atoms with Crippen LogP contribution in [0.4, 0.5) is 19.1 Å². The van der Waals surface area contributed by atoms with Gasteiger partial charge in [0, 0.05) is 11.8 Å². The molecule has 1 amide bonds. The maximum absolute atomic E-state index is 12.7. The molecule has 3 aromatic rings. The van der Waals surface area contributed by atoms with E-state index in [1.165, 1.54) is 16.5 Å². The third-order valence-corrected chi connectivity index (χ3v) is 2.99. The molecule has 0 atom stereocenters. The van der Waals surface area contributed by atoms with E-state index in [2.05, 4.69) is 15.5 Å². The molecule has 0 aliphatic carbocycles. The van der Waals surface area contributed by atoms with Crippen LogP contribution in [0.25, 0.3) is 5.65 Å². The summed E-state index contributed by atoms with van der Waals surface area (Å²) in [6, 6.07) is 9.33. The molecule has 1 N–H and O–H groups in total. The summed E-state index contributed by atoms with van der Waals surface area (Å²) in [6.07, 6.45) is -2.87. The molecule has 2 aromatic heterocycles. The zero-order chi connectivity index (χ0) is 15.7. The Bertz CT molecular complexity index is 841. The van der Waals surface area contributed by atoms with E-state index in [4.69, 9.17) is 0 Å². The van der Waals surface area contributed by atoms with Gasteiger partial charge in [-0.1, -0.05) is 12.1 Å². The Labute approximate surface area is 122 Å². The molecule has 2 heterocycles. The first-order valence-corrected chi connectivity index (χ1v) is 6.23. The average molecular weight is 306 g/mol. The minimum absolute atomic E-state index is 0.109. The number of anilines is 1. The lowest BCUT2D eigenvalue weighted by atomic mass is 10.1. The number of rotatable bonds is 2. The molecule has 0 saturated carbocycles. The highest BCUT2D eigenvalue weighted by Gasteiger charge is 2.31. The zero-order valence-corrected chi connectivity index (χ0v) is 11.0. The first-order valence-electron chi connectivity index (χ1n) is 6.23. The van der Waals surface area contributed by atoms with Gasteiger partial charge in [0.1, 0.15) is 0 Å². The molecule has 0 aliphatic heterocycles. The summed E-state index contributed by atoms with van der Waals surface area (Å²) in [5, 5.41) is 10.1. The summed E-state index contributed by atoms with van der Waals surface area (Å²) in [5.74, 6) is -0.553. The molecule has 1 aromatic carbocycles. The van der Waals surface area contributed by atoms with Crippen molar-refractivity contribution in [2.45, 2.75) is 6.18 Å². The van der Waals surface area contributed by atoms with Crippen molar-refractivity contribution in [3.8, 4) is 0 Å². The van der Waals surface area contributed by atoms with E-state index in [9.17, 15) is 18.0 Å². The quantitative estimate of drug-likeness (QED) is 0.792.